The van der Waals surface area contributed by atoms with Crippen LogP contribution in [0.1, 0.15) is 19.8 Å². The normalized spacial score (nSPS) is 27.0. The average Bonchev–Trinajstić information content (AvgIpc) is 3.08. The molecular formula is C21H31N3O3S. The molecule has 1 aliphatic carbocycles. The van der Waals surface area contributed by atoms with Gasteiger partial charge < -0.3 is 19.9 Å². The fourth-order valence-electron chi connectivity index (χ4n) is 4.51. The highest BCUT2D eigenvalue weighted by molar-refractivity contribution is 8.00. The zero-order valence-electron chi connectivity index (χ0n) is 17.2. The topological polar surface area (TPSA) is 61.9 Å². The highest BCUT2D eigenvalue weighted by Crippen LogP contribution is 2.39. The Morgan fingerprint density at radius 1 is 1.21 bits per heavy atom. The van der Waals surface area contributed by atoms with E-state index in [0.717, 1.165) is 36.5 Å². The molecule has 0 spiro atoms. The predicted molar refractivity (Wildman–Crippen MR) is 113 cm³/mol. The summed E-state index contributed by atoms with van der Waals surface area (Å²) in [5, 5.41) is 2.83. The van der Waals surface area contributed by atoms with Gasteiger partial charge in [0.25, 0.3) is 0 Å². The largest absolute Gasteiger partial charge is 0.380 e. The summed E-state index contributed by atoms with van der Waals surface area (Å²) < 4.78 is 5.74. The highest BCUT2D eigenvalue weighted by atomic mass is 32.2. The van der Waals surface area contributed by atoms with E-state index in [2.05, 4.69) is 24.3 Å². The molecule has 1 saturated heterocycles. The summed E-state index contributed by atoms with van der Waals surface area (Å²) in [5.41, 5.74) is 0.764. The number of nitrogens with one attached hydrogen (secondary N) is 1. The van der Waals surface area contributed by atoms with E-state index >= 15 is 0 Å². The van der Waals surface area contributed by atoms with Crippen LogP contribution in [0.25, 0.3) is 0 Å². The molecule has 1 N–H and O–H groups in total. The number of benzene rings is 1. The number of hydrogen-bond donors (Lipinski definition) is 1. The van der Waals surface area contributed by atoms with Gasteiger partial charge in [0.2, 0.25) is 11.8 Å². The molecule has 2 aliphatic rings. The van der Waals surface area contributed by atoms with Crippen molar-refractivity contribution < 1.29 is 14.3 Å². The van der Waals surface area contributed by atoms with Crippen molar-refractivity contribution in [2.75, 3.05) is 45.4 Å². The zero-order valence-corrected chi connectivity index (χ0v) is 18.0. The standard InChI is InChI=1S/C21H31N3O3S/c1-14(25)22-17-7-5-6-8-20(17)28-13-21(26)24-11-15-9-18(23(2)3)19(27-4)10-16(15)12-24/h5-8,15-16,18-19H,9-13H2,1-4H3,(H,22,25)/t15-,16+,18-,19-/m1/s1. The van der Waals surface area contributed by atoms with E-state index in [1.165, 1.54) is 18.7 Å². The highest BCUT2D eigenvalue weighted by Gasteiger charge is 2.44. The Morgan fingerprint density at radius 3 is 2.54 bits per heavy atom. The first-order valence-corrected chi connectivity index (χ1v) is 10.8. The molecule has 1 aliphatic heterocycles. The first kappa shape index (κ1) is 21.1. The van der Waals surface area contributed by atoms with Crippen LogP contribution in [-0.4, -0.2) is 73.8 Å². The molecule has 3 rings (SSSR count). The Labute approximate surface area is 172 Å². The number of carbonyl (C=O) groups is 2. The van der Waals surface area contributed by atoms with Gasteiger partial charge in [0.1, 0.15) is 0 Å². The minimum Gasteiger partial charge on any atom is -0.380 e. The number of thioether (sulfide) groups is 1. The molecule has 0 unspecified atom stereocenters. The van der Waals surface area contributed by atoms with E-state index in [9.17, 15) is 9.59 Å². The second-order valence-corrected chi connectivity index (χ2v) is 9.08. The number of fused-ring (bicyclic) bond motifs is 1. The number of methoxy groups -OCH3 is 1. The van der Waals surface area contributed by atoms with Gasteiger partial charge in [-0.1, -0.05) is 12.1 Å². The van der Waals surface area contributed by atoms with Crippen LogP contribution in [0.2, 0.25) is 0 Å². The SMILES string of the molecule is CO[C@@H]1C[C@H]2CN(C(=O)CSc3ccccc3NC(C)=O)C[C@H]2C[C@H]1N(C)C. The van der Waals surface area contributed by atoms with E-state index in [1.54, 1.807) is 7.11 Å². The van der Waals surface area contributed by atoms with Gasteiger partial charge in [-0.05, 0) is 50.9 Å². The minimum absolute atomic E-state index is 0.105. The Balaban J connectivity index is 1.58. The lowest BCUT2D eigenvalue weighted by Gasteiger charge is -2.40. The zero-order chi connectivity index (χ0) is 20.3. The molecule has 2 amide bonds. The van der Waals surface area contributed by atoms with Crippen molar-refractivity contribution in [1.29, 1.82) is 0 Å². The number of rotatable bonds is 6. The number of likely N-dealkylation sites (N-methyl/N-ethyl adjacent to an activating group) is 1. The van der Waals surface area contributed by atoms with Crippen molar-refractivity contribution in [3.63, 3.8) is 0 Å². The van der Waals surface area contributed by atoms with Crippen LogP contribution in [0, 0.1) is 11.8 Å². The molecular weight excluding hydrogens is 374 g/mol. The second kappa shape index (κ2) is 9.29. The first-order chi connectivity index (χ1) is 13.4. The fraction of sp³-hybridized carbons (Fsp3) is 0.619. The molecule has 6 nitrogen and oxygen atoms in total. The molecule has 1 saturated carbocycles. The summed E-state index contributed by atoms with van der Waals surface area (Å²) in [7, 11) is 6.01. The van der Waals surface area contributed by atoms with E-state index < -0.39 is 0 Å². The van der Waals surface area contributed by atoms with Crippen LogP contribution in [0.15, 0.2) is 29.2 Å². The van der Waals surface area contributed by atoms with Gasteiger partial charge in [-0.25, -0.2) is 0 Å². The van der Waals surface area contributed by atoms with Gasteiger partial charge in [-0.2, -0.15) is 0 Å². The molecule has 1 aromatic rings. The van der Waals surface area contributed by atoms with Crippen LogP contribution < -0.4 is 5.32 Å². The number of ether oxygens (including phenoxy) is 1. The Hall–Kier alpha value is -1.57. The molecule has 28 heavy (non-hydrogen) atoms. The van der Waals surface area contributed by atoms with Crippen LogP contribution in [0.3, 0.4) is 0 Å². The van der Waals surface area contributed by atoms with E-state index in [0.29, 0.717) is 23.6 Å². The van der Waals surface area contributed by atoms with Crippen LogP contribution in [0.5, 0.6) is 0 Å². The number of para-hydroxylation sites is 1. The molecule has 0 bridgehead atoms. The smallest absolute Gasteiger partial charge is 0.232 e. The van der Waals surface area contributed by atoms with Crippen molar-refractivity contribution in [2.45, 2.75) is 36.8 Å². The first-order valence-electron chi connectivity index (χ1n) is 9.85. The molecule has 1 aromatic carbocycles. The maximum Gasteiger partial charge on any atom is 0.232 e. The van der Waals surface area contributed by atoms with Gasteiger partial charge >= 0.3 is 0 Å². The fourth-order valence-corrected chi connectivity index (χ4v) is 5.42. The number of nitrogens with zero attached hydrogens (tertiary/aromatic N) is 2. The number of anilines is 1. The number of amides is 2. The van der Waals surface area contributed by atoms with Crippen LogP contribution in [-0.2, 0) is 14.3 Å². The molecule has 7 heteroatoms. The lowest BCUT2D eigenvalue weighted by molar-refractivity contribution is -0.127. The summed E-state index contributed by atoms with van der Waals surface area (Å²) in [6, 6.07) is 8.04. The third kappa shape index (κ3) is 4.88. The third-order valence-corrected chi connectivity index (χ3v) is 7.01. The predicted octanol–water partition coefficient (Wildman–Crippen LogP) is 2.55. The average molecular weight is 406 g/mol. The molecule has 154 valence electrons. The van der Waals surface area contributed by atoms with Gasteiger partial charge in [-0.3, -0.25) is 9.59 Å². The van der Waals surface area contributed by atoms with E-state index in [-0.39, 0.29) is 17.9 Å². The van der Waals surface area contributed by atoms with Crippen LogP contribution >= 0.6 is 11.8 Å². The maximum absolute atomic E-state index is 12.8. The Kier molecular flexibility index (Phi) is 7.01. The molecule has 0 radical (unpaired) electrons. The third-order valence-electron chi connectivity index (χ3n) is 5.95. The van der Waals surface area contributed by atoms with Crippen molar-refractivity contribution >= 4 is 29.3 Å². The number of likely N-dealkylation sites (tertiary alicyclic amines) is 1. The number of carbonyl (C=O) groups excluding carboxylic acids is 2. The summed E-state index contributed by atoms with van der Waals surface area (Å²) in [5.74, 6) is 1.54. The summed E-state index contributed by atoms with van der Waals surface area (Å²) in [6.45, 7) is 3.17. The van der Waals surface area contributed by atoms with Gasteiger partial charge in [-0.15, -0.1) is 11.8 Å². The Bertz CT molecular complexity index is 712. The van der Waals surface area contributed by atoms with Crippen molar-refractivity contribution in [3.8, 4) is 0 Å². The summed E-state index contributed by atoms with van der Waals surface area (Å²) >= 11 is 1.49. The quantitative estimate of drug-likeness (QED) is 0.737. The molecule has 1 heterocycles. The number of hydrogen-bond acceptors (Lipinski definition) is 5. The van der Waals surface area contributed by atoms with Crippen molar-refractivity contribution in [1.82, 2.24) is 9.80 Å². The lowest BCUT2D eigenvalue weighted by Crippen LogP contribution is -2.47. The monoisotopic (exact) mass is 405 g/mol. The molecule has 4 atom stereocenters. The van der Waals surface area contributed by atoms with E-state index in [1.807, 2.05) is 29.2 Å². The lowest BCUT2D eigenvalue weighted by atomic mass is 9.77. The van der Waals surface area contributed by atoms with Crippen molar-refractivity contribution in [2.24, 2.45) is 11.8 Å². The minimum atomic E-state index is -0.105. The van der Waals surface area contributed by atoms with Crippen molar-refractivity contribution in [3.05, 3.63) is 24.3 Å². The van der Waals surface area contributed by atoms with Gasteiger partial charge in [0, 0.05) is 38.1 Å². The van der Waals surface area contributed by atoms with Gasteiger partial charge in [0.15, 0.2) is 0 Å². The maximum atomic E-state index is 12.8. The summed E-state index contributed by atoms with van der Waals surface area (Å²) in [6.07, 6.45) is 2.34. The molecule has 2 fully saturated rings. The van der Waals surface area contributed by atoms with Crippen LogP contribution in [0.4, 0.5) is 5.69 Å². The Morgan fingerprint density at radius 2 is 1.89 bits per heavy atom. The summed E-state index contributed by atoms with van der Waals surface area (Å²) in [4.78, 5) is 29.4. The van der Waals surface area contributed by atoms with E-state index in [4.69, 9.17) is 4.74 Å². The second-order valence-electron chi connectivity index (χ2n) is 8.06. The van der Waals surface area contributed by atoms with Gasteiger partial charge in [0.05, 0.1) is 17.5 Å². The molecule has 0 aromatic heterocycles.